The zero-order valence-electron chi connectivity index (χ0n) is 41.7. The van der Waals surface area contributed by atoms with Gasteiger partial charge in [0.15, 0.2) is 0 Å². The van der Waals surface area contributed by atoms with Gasteiger partial charge in [-0.2, -0.15) is 0 Å². The first kappa shape index (κ1) is 54.7. The van der Waals surface area contributed by atoms with Crippen molar-refractivity contribution in [2.24, 2.45) is 17.8 Å². The molecule has 3 atom stereocenters. The summed E-state index contributed by atoms with van der Waals surface area (Å²) in [5, 5.41) is 17.5. The third-order valence-corrected chi connectivity index (χ3v) is 11.9. The Kier molecular flexibility index (Phi) is 22.0. The van der Waals surface area contributed by atoms with E-state index in [2.05, 4.69) is 31.9 Å². The highest BCUT2D eigenvalue weighted by Gasteiger charge is 2.30. The van der Waals surface area contributed by atoms with Crippen LogP contribution in [0.2, 0.25) is 0 Å². The van der Waals surface area contributed by atoms with E-state index in [-0.39, 0.29) is 57.2 Å². The fourth-order valence-electron chi connectivity index (χ4n) is 8.15. The van der Waals surface area contributed by atoms with Crippen molar-refractivity contribution in [3.8, 4) is 0 Å². The SMILES string of the molecule is CCc1c(CNC(=O)C(NC(=O)OCc2ccccc2)C(C)C)c(CC)c(CNC(=O)C(NC(=O)OCc2ccccc2)C(C)C)c(CC)c1CNC(=O)C(NC(=O)OCc1ccccc1)C(C)C. The van der Waals surface area contributed by atoms with E-state index < -0.39 is 54.1 Å². The van der Waals surface area contributed by atoms with Crippen LogP contribution < -0.4 is 31.9 Å². The first-order valence-corrected chi connectivity index (χ1v) is 24.0. The Labute approximate surface area is 407 Å². The molecule has 0 fully saturated rings. The molecule has 15 nitrogen and oxygen atoms in total. The van der Waals surface area contributed by atoms with Gasteiger partial charge >= 0.3 is 18.3 Å². The summed E-state index contributed by atoms with van der Waals surface area (Å²) in [5.41, 5.74) is 7.61. The second-order valence-electron chi connectivity index (χ2n) is 17.9. The molecule has 372 valence electrons. The second-order valence-corrected chi connectivity index (χ2v) is 17.9. The highest BCUT2D eigenvalue weighted by molar-refractivity contribution is 5.87. The Balaban J connectivity index is 1.64. The van der Waals surface area contributed by atoms with Crippen molar-refractivity contribution in [2.45, 2.75) is 139 Å². The van der Waals surface area contributed by atoms with E-state index in [1.807, 2.05) is 153 Å². The van der Waals surface area contributed by atoms with Crippen LogP contribution in [0.1, 0.15) is 112 Å². The quantitative estimate of drug-likeness (QED) is 0.0376. The molecule has 0 aliphatic rings. The van der Waals surface area contributed by atoms with Gasteiger partial charge in [0.1, 0.15) is 37.9 Å². The van der Waals surface area contributed by atoms with Crippen molar-refractivity contribution in [3.05, 3.63) is 141 Å². The minimum Gasteiger partial charge on any atom is -0.445 e. The lowest BCUT2D eigenvalue weighted by atomic mass is 9.83. The van der Waals surface area contributed by atoms with Gasteiger partial charge in [-0.15, -0.1) is 0 Å². The maximum atomic E-state index is 14.0. The summed E-state index contributed by atoms with van der Waals surface area (Å²) in [6, 6.07) is 25.0. The summed E-state index contributed by atoms with van der Waals surface area (Å²) in [6.07, 6.45) is -0.584. The molecule has 3 unspecified atom stereocenters. The third-order valence-electron chi connectivity index (χ3n) is 11.9. The smallest absolute Gasteiger partial charge is 0.408 e. The average molecular weight is 949 g/mol. The summed E-state index contributed by atoms with van der Waals surface area (Å²) in [5.74, 6) is -2.11. The number of carbonyl (C=O) groups is 6. The average Bonchev–Trinajstić information content (AvgIpc) is 3.34. The molecule has 4 aromatic rings. The maximum Gasteiger partial charge on any atom is 0.408 e. The summed E-state index contributed by atoms with van der Waals surface area (Å²) < 4.78 is 16.4. The fraction of sp³-hybridized carbons (Fsp3) is 0.444. The van der Waals surface area contributed by atoms with Crippen LogP contribution in [0, 0.1) is 17.8 Å². The van der Waals surface area contributed by atoms with Crippen molar-refractivity contribution in [1.29, 1.82) is 0 Å². The van der Waals surface area contributed by atoms with Gasteiger partial charge in [-0.25, -0.2) is 14.4 Å². The van der Waals surface area contributed by atoms with E-state index in [0.717, 1.165) is 50.1 Å². The Hall–Kier alpha value is -6.90. The molecule has 4 aromatic carbocycles. The van der Waals surface area contributed by atoms with Gasteiger partial charge in [0, 0.05) is 19.6 Å². The summed E-state index contributed by atoms with van der Waals surface area (Å²) in [7, 11) is 0. The molecule has 6 amide bonds. The lowest BCUT2D eigenvalue weighted by Crippen LogP contribution is -2.50. The number of hydrogen-bond acceptors (Lipinski definition) is 9. The zero-order chi connectivity index (χ0) is 50.5. The first-order chi connectivity index (χ1) is 33.1. The van der Waals surface area contributed by atoms with E-state index in [1.165, 1.54) is 0 Å². The summed E-state index contributed by atoms with van der Waals surface area (Å²) >= 11 is 0. The molecular weight excluding hydrogens is 877 g/mol. The number of alkyl carbamates (subject to hydrolysis) is 3. The van der Waals surface area contributed by atoms with Crippen LogP contribution in [0.15, 0.2) is 91.0 Å². The predicted molar refractivity (Wildman–Crippen MR) is 265 cm³/mol. The molecule has 15 heteroatoms. The minimum atomic E-state index is -0.921. The maximum absolute atomic E-state index is 14.0. The summed E-state index contributed by atoms with van der Waals surface area (Å²) in [4.78, 5) is 80.9. The highest BCUT2D eigenvalue weighted by atomic mass is 16.6. The molecule has 0 saturated heterocycles. The van der Waals surface area contributed by atoms with Crippen molar-refractivity contribution in [2.75, 3.05) is 0 Å². The number of rotatable bonds is 24. The number of nitrogens with one attached hydrogen (secondary N) is 6. The van der Waals surface area contributed by atoms with Crippen molar-refractivity contribution in [1.82, 2.24) is 31.9 Å². The second kappa shape index (κ2) is 27.8. The molecule has 4 rings (SSSR count). The number of hydrogen-bond donors (Lipinski definition) is 6. The Morgan fingerprint density at radius 2 is 0.609 bits per heavy atom. The van der Waals surface area contributed by atoms with E-state index in [1.54, 1.807) is 0 Å². The molecule has 0 aromatic heterocycles. The van der Waals surface area contributed by atoms with Crippen molar-refractivity contribution < 1.29 is 43.0 Å². The van der Waals surface area contributed by atoms with Gasteiger partial charge in [-0.3, -0.25) is 14.4 Å². The van der Waals surface area contributed by atoms with Crippen LogP contribution in [0.3, 0.4) is 0 Å². The molecule has 69 heavy (non-hydrogen) atoms. The molecule has 0 radical (unpaired) electrons. The Morgan fingerprint density at radius 3 is 0.812 bits per heavy atom. The van der Waals surface area contributed by atoms with E-state index in [9.17, 15) is 28.8 Å². The summed E-state index contributed by atoms with van der Waals surface area (Å²) in [6.45, 7) is 17.4. The predicted octanol–water partition coefficient (Wildman–Crippen LogP) is 8.08. The van der Waals surface area contributed by atoms with E-state index in [4.69, 9.17) is 14.2 Å². The molecule has 0 aliphatic heterocycles. The molecule has 0 bridgehead atoms. The van der Waals surface area contributed by atoms with Crippen LogP contribution in [-0.2, 0) is 87.3 Å². The van der Waals surface area contributed by atoms with E-state index in [0.29, 0.717) is 19.3 Å². The molecular formula is C54H72N6O9. The highest BCUT2D eigenvalue weighted by Crippen LogP contribution is 2.31. The Bertz CT molecular complexity index is 2030. The topological polar surface area (TPSA) is 202 Å². The van der Waals surface area contributed by atoms with Crippen LogP contribution in [0.25, 0.3) is 0 Å². The molecule has 0 saturated carbocycles. The van der Waals surface area contributed by atoms with Gasteiger partial charge in [-0.1, -0.05) is 153 Å². The number of ether oxygens (including phenoxy) is 3. The number of benzene rings is 4. The number of carbonyl (C=O) groups excluding carboxylic acids is 6. The van der Waals surface area contributed by atoms with Crippen molar-refractivity contribution >= 4 is 36.0 Å². The van der Waals surface area contributed by atoms with Gasteiger partial charge in [0.25, 0.3) is 0 Å². The van der Waals surface area contributed by atoms with Crippen LogP contribution in [0.4, 0.5) is 14.4 Å². The zero-order valence-corrected chi connectivity index (χ0v) is 41.7. The molecule has 6 N–H and O–H groups in total. The normalized spacial score (nSPS) is 12.3. The molecule has 0 spiro atoms. The largest absolute Gasteiger partial charge is 0.445 e. The van der Waals surface area contributed by atoms with Crippen molar-refractivity contribution in [3.63, 3.8) is 0 Å². The minimum absolute atomic E-state index is 0.0415. The van der Waals surface area contributed by atoms with Crippen LogP contribution >= 0.6 is 0 Å². The lowest BCUT2D eigenvalue weighted by molar-refractivity contribution is -0.124. The van der Waals surface area contributed by atoms with Crippen LogP contribution in [0.5, 0.6) is 0 Å². The van der Waals surface area contributed by atoms with E-state index >= 15 is 0 Å². The Morgan fingerprint density at radius 1 is 0.377 bits per heavy atom. The molecule has 0 heterocycles. The first-order valence-electron chi connectivity index (χ1n) is 24.0. The molecule has 0 aliphatic carbocycles. The number of amides is 6. The third kappa shape index (κ3) is 16.7. The standard InChI is InChI=1S/C54H72N6O9/c1-10-40-43(28-55-49(61)46(34(4)5)58-52(64)67-31-37-22-16-13-17-23-37)41(11-2)45(30-57-51(63)48(36(8)9)60-54(66)69-33-39-26-20-15-21-27-39)42(12-3)44(40)29-56-50(62)47(35(6)7)59-53(65)68-32-38-24-18-14-19-25-38/h13-27,34-36,46-48H,10-12,28-33H2,1-9H3,(H,55,61)(H,56,62)(H,57,63)(H,58,64)(H,59,65)(H,60,66). The lowest BCUT2D eigenvalue weighted by Gasteiger charge is -2.29. The van der Waals surface area contributed by atoms with Gasteiger partial charge in [-0.05, 0) is 87.1 Å². The monoisotopic (exact) mass is 949 g/mol. The van der Waals surface area contributed by atoms with Gasteiger partial charge in [0.2, 0.25) is 17.7 Å². The van der Waals surface area contributed by atoms with Crippen LogP contribution in [-0.4, -0.2) is 54.1 Å². The van der Waals surface area contributed by atoms with Gasteiger partial charge < -0.3 is 46.1 Å². The fourth-order valence-corrected chi connectivity index (χ4v) is 8.15. The van der Waals surface area contributed by atoms with Gasteiger partial charge in [0.05, 0.1) is 0 Å².